The first kappa shape index (κ1) is 17.3. The van der Waals surface area contributed by atoms with Crippen LogP contribution >= 0.6 is 0 Å². The minimum absolute atomic E-state index is 0.900. The summed E-state index contributed by atoms with van der Waals surface area (Å²) < 4.78 is 5.25. The average Bonchev–Trinajstić information content (AvgIpc) is 3.49. The summed E-state index contributed by atoms with van der Waals surface area (Å²) >= 11 is 0. The van der Waals surface area contributed by atoms with Crippen LogP contribution < -0.4 is 0 Å². The molecule has 5 aromatic rings. The Morgan fingerprint density at radius 3 is 2.83 bits per heavy atom. The van der Waals surface area contributed by atoms with Crippen LogP contribution in [0.25, 0.3) is 39.0 Å². The molecule has 0 aliphatic carbocycles. The third-order valence-corrected chi connectivity index (χ3v) is 5.28. The lowest BCUT2D eigenvalue weighted by Crippen LogP contribution is -1.85. The van der Waals surface area contributed by atoms with Gasteiger partial charge in [-0.05, 0) is 60.9 Å². The van der Waals surface area contributed by atoms with Crippen molar-refractivity contribution in [2.75, 3.05) is 0 Å². The van der Waals surface area contributed by atoms with Gasteiger partial charge in [0.05, 0.1) is 23.7 Å². The van der Waals surface area contributed by atoms with E-state index in [1.54, 1.807) is 12.5 Å². The van der Waals surface area contributed by atoms with Gasteiger partial charge in [0.2, 0.25) is 0 Å². The summed E-state index contributed by atoms with van der Waals surface area (Å²) in [5.41, 5.74) is 9.60. The Hall–Kier alpha value is -3.86. The Morgan fingerprint density at radius 2 is 2.03 bits per heavy atom. The van der Waals surface area contributed by atoms with Crippen LogP contribution in [0.2, 0.25) is 0 Å². The summed E-state index contributed by atoms with van der Waals surface area (Å²) in [6, 6.07) is 12.5. The summed E-state index contributed by atoms with van der Waals surface area (Å²) in [6.07, 6.45) is 11.3. The first-order valence-corrected chi connectivity index (χ1v) is 9.52. The van der Waals surface area contributed by atoms with Crippen molar-refractivity contribution in [1.82, 2.24) is 20.2 Å². The zero-order valence-corrected chi connectivity index (χ0v) is 16.2. The van der Waals surface area contributed by atoms with Crippen molar-refractivity contribution in [1.29, 1.82) is 0 Å². The molecule has 0 saturated heterocycles. The van der Waals surface area contributed by atoms with Gasteiger partial charge in [-0.25, -0.2) is 0 Å². The third-order valence-electron chi connectivity index (χ3n) is 5.28. The molecule has 5 heteroatoms. The second kappa shape index (κ2) is 6.95. The number of nitrogens with zero attached hydrogens (tertiary/aromatic N) is 2. The highest BCUT2D eigenvalue weighted by atomic mass is 16.3. The Kier molecular flexibility index (Phi) is 4.13. The Balaban J connectivity index is 1.59. The highest BCUT2D eigenvalue weighted by Gasteiger charge is 2.14. The molecular formula is C24H20N4O. The van der Waals surface area contributed by atoms with Crippen molar-refractivity contribution in [3.63, 3.8) is 0 Å². The van der Waals surface area contributed by atoms with Crippen molar-refractivity contribution in [3.8, 4) is 22.5 Å². The molecule has 0 spiro atoms. The predicted molar refractivity (Wildman–Crippen MR) is 115 cm³/mol. The largest absolute Gasteiger partial charge is 0.472 e. The second-order valence-electron chi connectivity index (χ2n) is 7.04. The summed E-state index contributed by atoms with van der Waals surface area (Å²) in [5, 5.41) is 8.79. The standard InChI is InChI=1S/C24H20N4O/c1-3-19(17-7-9-29-14-17)18-11-23(26-12-18)24-20-10-16(4-5-22(20)27-28-24)21-13-25-8-6-15(21)2/h3-14,26H,1-2H3,(H,27,28)/b19-3-. The van der Waals surface area contributed by atoms with Crippen molar-refractivity contribution in [2.24, 2.45) is 0 Å². The molecule has 0 aliphatic rings. The van der Waals surface area contributed by atoms with Crippen LogP contribution in [0.1, 0.15) is 23.6 Å². The van der Waals surface area contributed by atoms with Crippen LogP contribution in [0.15, 0.2) is 78.0 Å². The molecule has 0 atom stereocenters. The highest BCUT2D eigenvalue weighted by Crippen LogP contribution is 2.33. The van der Waals surface area contributed by atoms with Crippen LogP contribution in [0.4, 0.5) is 0 Å². The van der Waals surface area contributed by atoms with Gasteiger partial charge in [0.15, 0.2) is 0 Å². The van der Waals surface area contributed by atoms with E-state index in [-0.39, 0.29) is 0 Å². The maximum Gasteiger partial charge on any atom is 0.116 e. The van der Waals surface area contributed by atoms with E-state index < -0.39 is 0 Å². The van der Waals surface area contributed by atoms with Crippen LogP contribution in [0.3, 0.4) is 0 Å². The second-order valence-corrected chi connectivity index (χ2v) is 7.04. The number of furan rings is 1. The topological polar surface area (TPSA) is 70.5 Å². The number of hydrogen-bond donors (Lipinski definition) is 2. The molecule has 4 aromatic heterocycles. The molecule has 0 bridgehead atoms. The maximum atomic E-state index is 5.25. The van der Waals surface area contributed by atoms with Crippen LogP contribution in [-0.4, -0.2) is 20.2 Å². The number of aromatic amines is 2. The Labute approximate surface area is 168 Å². The number of fused-ring (bicyclic) bond motifs is 1. The van der Waals surface area contributed by atoms with Gasteiger partial charge >= 0.3 is 0 Å². The molecular weight excluding hydrogens is 360 g/mol. The normalized spacial score (nSPS) is 12.0. The molecule has 2 N–H and O–H groups in total. The molecule has 29 heavy (non-hydrogen) atoms. The fourth-order valence-electron chi connectivity index (χ4n) is 3.76. The molecule has 4 heterocycles. The van der Waals surface area contributed by atoms with Crippen molar-refractivity contribution >= 4 is 16.5 Å². The lowest BCUT2D eigenvalue weighted by Gasteiger charge is -2.05. The molecule has 5 nitrogen and oxygen atoms in total. The molecule has 142 valence electrons. The minimum atomic E-state index is 0.900. The quantitative estimate of drug-likeness (QED) is 0.403. The monoisotopic (exact) mass is 380 g/mol. The smallest absolute Gasteiger partial charge is 0.116 e. The highest BCUT2D eigenvalue weighted by molar-refractivity contribution is 5.96. The average molecular weight is 380 g/mol. The molecule has 0 aliphatic heterocycles. The van der Waals surface area contributed by atoms with Gasteiger partial charge in [0.25, 0.3) is 0 Å². The van der Waals surface area contributed by atoms with E-state index in [0.717, 1.165) is 50.1 Å². The van der Waals surface area contributed by atoms with Gasteiger partial charge in [-0.2, -0.15) is 5.10 Å². The number of aromatic nitrogens is 4. The van der Waals surface area contributed by atoms with Gasteiger partial charge in [-0.1, -0.05) is 12.1 Å². The number of pyridine rings is 1. The SMILES string of the molecule is C/C=C(/c1ccoc1)c1c[nH]c(-c2n[nH]c3ccc(-c4cnccc4C)cc23)c1. The number of allylic oxidation sites excluding steroid dienone is 1. The van der Waals surface area contributed by atoms with E-state index in [0.29, 0.717) is 0 Å². The minimum Gasteiger partial charge on any atom is -0.472 e. The number of hydrogen-bond acceptors (Lipinski definition) is 3. The predicted octanol–water partition coefficient (Wildman–Crippen LogP) is 5.97. The Morgan fingerprint density at radius 1 is 1.10 bits per heavy atom. The molecule has 1 aromatic carbocycles. The summed E-state index contributed by atoms with van der Waals surface area (Å²) in [7, 11) is 0. The zero-order chi connectivity index (χ0) is 19.8. The van der Waals surface area contributed by atoms with Gasteiger partial charge in [0, 0.05) is 40.7 Å². The summed E-state index contributed by atoms with van der Waals surface area (Å²) in [5.74, 6) is 0. The number of aryl methyl sites for hydroxylation is 1. The van der Waals surface area contributed by atoms with Crippen LogP contribution in [0, 0.1) is 6.92 Å². The number of H-pyrrole nitrogens is 2. The fraction of sp³-hybridized carbons (Fsp3) is 0.0833. The Bertz CT molecular complexity index is 1320. The first-order chi connectivity index (χ1) is 14.2. The molecule has 0 saturated carbocycles. The zero-order valence-electron chi connectivity index (χ0n) is 16.2. The summed E-state index contributed by atoms with van der Waals surface area (Å²) in [6.45, 7) is 4.13. The molecule has 0 amide bonds. The van der Waals surface area contributed by atoms with Crippen LogP contribution in [-0.2, 0) is 0 Å². The van der Waals surface area contributed by atoms with E-state index in [1.165, 1.54) is 5.56 Å². The van der Waals surface area contributed by atoms with Crippen molar-refractivity contribution < 1.29 is 4.42 Å². The van der Waals surface area contributed by atoms with Gasteiger partial charge < -0.3 is 9.40 Å². The van der Waals surface area contributed by atoms with Gasteiger partial charge in [-0.3, -0.25) is 10.1 Å². The summed E-state index contributed by atoms with van der Waals surface area (Å²) in [4.78, 5) is 7.66. The number of nitrogens with one attached hydrogen (secondary N) is 2. The van der Waals surface area contributed by atoms with Crippen molar-refractivity contribution in [3.05, 3.63) is 90.3 Å². The molecule has 5 rings (SSSR count). The van der Waals surface area contributed by atoms with E-state index in [9.17, 15) is 0 Å². The molecule has 0 radical (unpaired) electrons. The maximum absolute atomic E-state index is 5.25. The lowest BCUT2D eigenvalue weighted by molar-refractivity contribution is 0.566. The van der Waals surface area contributed by atoms with Gasteiger partial charge in [0.1, 0.15) is 5.69 Å². The van der Waals surface area contributed by atoms with E-state index in [1.807, 2.05) is 37.6 Å². The fourth-order valence-corrected chi connectivity index (χ4v) is 3.76. The van der Waals surface area contributed by atoms with E-state index >= 15 is 0 Å². The van der Waals surface area contributed by atoms with Crippen molar-refractivity contribution in [2.45, 2.75) is 13.8 Å². The molecule has 0 fully saturated rings. The van der Waals surface area contributed by atoms with E-state index in [4.69, 9.17) is 4.42 Å². The lowest BCUT2D eigenvalue weighted by atomic mass is 10.00. The third kappa shape index (κ3) is 2.97. The molecule has 0 unspecified atom stereocenters. The first-order valence-electron chi connectivity index (χ1n) is 9.52. The number of rotatable bonds is 4. The van der Waals surface area contributed by atoms with Gasteiger partial charge in [-0.15, -0.1) is 0 Å². The van der Waals surface area contributed by atoms with Crippen LogP contribution in [0.5, 0.6) is 0 Å². The van der Waals surface area contributed by atoms with E-state index in [2.05, 4.69) is 57.4 Å². The number of benzene rings is 1.